The van der Waals surface area contributed by atoms with Gasteiger partial charge < -0.3 is 5.32 Å². The lowest BCUT2D eigenvalue weighted by molar-refractivity contribution is -0.111. The monoisotopic (exact) mass is 358 g/mol. The molecule has 0 spiro atoms. The van der Waals surface area contributed by atoms with Gasteiger partial charge in [0, 0.05) is 22.5 Å². The molecule has 0 saturated heterocycles. The summed E-state index contributed by atoms with van der Waals surface area (Å²) < 4.78 is 1.69. The molecule has 2 heterocycles. The van der Waals surface area contributed by atoms with Gasteiger partial charge in [-0.1, -0.05) is 29.8 Å². The van der Waals surface area contributed by atoms with Crippen LogP contribution in [0.25, 0.3) is 6.08 Å². The minimum absolute atomic E-state index is 0.235. The molecule has 0 aliphatic rings. The maximum atomic E-state index is 12.1. The number of hydrogen-bond donors (Lipinski definition) is 1. The SMILES string of the molecule is Cc1nc(/C=C/C(=O)Nc2ccnn2Cc2ccccc2Cl)cs1. The Kier molecular flexibility index (Phi) is 5.08. The van der Waals surface area contributed by atoms with Gasteiger partial charge in [-0.05, 0) is 24.6 Å². The molecular weight excluding hydrogens is 344 g/mol. The normalized spacial score (nSPS) is 11.1. The van der Waals surface area contributed by atoms with Crippen molar-refractivity contribution in [3.63, 3.8) is 0 Å². The number of aryl methyl sites for hydroxylation is 1. The summed E-state index contributed by atoms with van der Waals surface area (Å²) in [7, 11) is 0. The Morgan fingerprint density at radius 3 is 2.96 bits per heavy atom. The first kappa shape index (κ1) is 16.4. The minimum Gasteiger partial charge on any atom is -0.307 e. The van der Waals surface area contributed by atoms with Crippen LogP contribution in [0.4, 0.5) is 5.82 Å². The molecule has 1 aromatic carbocycles. The summed E-state index contributed by atoms with van der Waals surface area (Å²) in [6.07, 6.45) is 4.79. The van der Waals surface area contributed by atoms with E-state index in [9.17, 15) is 4.79 Å². The highest BCUT2D eigenvalue weighted by Gasteiger charge is 2.07. The molecule has 1 amide bonds. The van der Waals surface area contributed by atoms with E-state index in [2.05, 4.69) is 15.4 Å². The van der Waals surface area contributed by atoms with Crippen LogP contribution in [-0.4, -0.2) is 20.7 Å². The standard InChI is InChI=1S/C17H15ClN4OS/c1-12-20-14(11-24-12)6-7-17(23)21-16-8-9-19-22(16)10-13-4-2-3-5-15(13)18/h2-9,11H,10H2,1H3,(H,21,23)/b7-6+. The molecule has 0 radical (unpaired) electrons. The quantitative estimate of drug-likeness (QED) is 0.701. The number of carbonyl (C=O) groups is 1. The summed E-state index contributed by atoms with van der Waals surface area (Å²) in [5.41, 5.74) is 1.71. The maximum absolute atomic E-state index is 12.1. The fourth-order valence-electron chi connectivity index (χ4n) is 2.14. The van der Waals surface area contributed by atoms with E-state index in [0.717, 1.165) is 16.3 Å². The third-order valence-electron chi connectivity index (χ3n) is 3.29. The van der Waals surface area contributed by atoms with E-state index in [1.807, 2.05) is 36.6 Å². The number of halogens is 1. The second-order valence-corrected chi connectivity index (χ2v) is 6.55. The summed E-state index contributed by atoms with van der Waals surface area (Å²) in [5.74, 6) is 0.376. The third-order valence-corrected chi connectivity index (χ3v) is 4.45. The number of thiazole rings is 1. The fraction of sp³-hybridized carbons (Fsp3) is 0.118. The first-order chi connectivity index (χ1) is 11.6. The Morgan fingerprint density at radius 1 is 1.38 bits per heavy atom. The molecule has 0 fully saturated rings. The first-order valence-corrected chi connectivity index (χ1v) is 8.54. The Hall–Kier alpha value is -2.44. The number of anilines is 1. The highest BCUT2D eigenvalue weighted by atomic mass is 35.5. The molecule has 5 nitrogen and oxygen atoms in total. The van der Waals surface area contributed by atoms with Gasteiger partial charge in [0.2, 0.25) is 5.91 Å². The Bertz CT molecular complexity index is 884. The van der Waals surface area contributed by atoms with Crippen LogP contribution < -0.4 is 5.32 Å². The molecule has 122 valence electrons. The molecule has 1 N–H and O–H groups in total. The van der Waals surface area contributed by atoms with Crippen molar-refractivity contribution in [2.75, 3.05) is 5.32 Å². The molecule has 7 heteroatoms. The lowest BCUT2D eigenvalue weighted by Gasteiger charge is -2.09. The topological polar surface area (TPSA) is 59.8 Å². The highest BCUT2D eigenvalue weighted by molar-refractivity contribution is 7.09. The average Bonchev–Trinajstić information content (AvgIpc) is 3.17. The number of benzene rings is 1. The third kappa shape index (κ3) is 4.10. The molecule has 0 aliphatic heterocycles. The van der Waals surface area contributed by atoms with Gasteiger partial charge in [0.25, 0.3) is 0 Å². The lowest BCUT2D eigenvalue weighted by atomic mass is 10.2. The largest absolute Gasteiger partial charge is 0.307 e. The number of nitrogens with one attached hydrogen (secondary N) is 1. The van der Waals surface area contributed by atoms with Crippen molar-refractivity contribution < 1.29 is 4.79 Å². The van der Waals surface area contributed by atoms with Crippen LogP contribution in [0.2, 0.25) is 5.02 Å². The van der Waals surface area contributed by atoms with E-state index in [1.165, 1.54) is 6.08 Å². The van der Waals surface area contributed by atoms with Gasteiger partial charge in [-0.3, -0.25) is 4.79 Å². The first-order valence-electron chi connectivity index (χ1n) is 7.28. The molecule has 0 bridgehead atoms. The molecule has 24 heavy (non-hydrogen) atoms. The van der Waals surface area contributed by atoms with Gasteiger partial charge in [0.1, 0.15) is 5.82 Å². The van der Waals surface area contributed by atoms with Crippen LogP contribution in [0.5, 0.6) is 0 Å². The van der Waals surface area contributed by atoms with E-state index in [0.29, 0.717) is 17.4 Å². The Balaban J connectivity index is 1.68. The Labute approximate surface area is 148 Å². The number of carbonyl (C=O) groups excluding carboxylic acids is 1. The van der Waals surface area contributed by atoms with Crippen LogP contribution in [0.1, 0.15) is 16.3 Å². The van der Waals surface area contributed by atoms with Crippen molar-refractivity contribution in [3.8, 4) is 0 Å². The number of nitrogens with zero attached hydrogens (tertiary/aromatic N) is 3. The molecule has 0 saturated carbocycles. The van der Waals surface area contributed by atoms with Gasteiger partial charge in [-0.15, -0.1) is 11.3 Å². The average molecular weight is 359 g/mol. The number of hydrogen-bond acceptors (Lipinski definition) is 4. The summed E-state index contributed by atoms with van der Waals surface area (Å²) in [6, 6.07) is 9.30. The lowest BCUT2D eigenvalue weighted by Crippen LogP contribution is -2.14. The number of rotatable bonds is 5. The molecule has 0 aliphatic carbocycles. The van der Waals surface area contributed by atoms with Crippen LogP contribution >= 0.6 is 22.9 Å². The zero-order valence-corrected chi connectivity index (χ0v) is 14.5. The fourth-order valence-corrected chi connectivity index (χ4v) is 2.91. The summed E-state index contributed by atoms with van der Waals surface area (Å²) in [5, 5.41) is 10.6. The molecule has 0 unspecified atom stereocenters. The Morgan fingerprint density at radius 2 is 2.21 bits per heavy atom. The van der Waals surface area contributed by atoms with Crippen LogP contribution in [0.15, 0.2) is 48.0 Å². The van der Waals surface area contributed by atoms with Crippen molar-refractivity contribution in [1.82, 2.24) is 14.8 Å². The van der Waals surface area contributed by atoms with Crippen LogP contribution in [-0.2, 0) is 11.3 Å². The van der Waals surface area contributed by atoms with Gasteiger partial charge in [-0.2, -0.15) is 5.10 Å². The molecule has 0 atom stereocenters. The van der Waals surface area contributed by atoms with Crippen molar-refractivity contribution in [2.24, 2.45) is 0 Å². The molecule has 2 aromatic heterocycles. The smallest absolute Gasteiger partial charge is 0.249 e. The summed E-state index contributed by atoms with van der Waals surface area (Å²) >= 11 is 7.72. The predicted octanol–water partition coefficient (Wildman–Crippen LogP) is 4.00. The van der Waals surface area contributed by atoms with Crippen LogP contribution in [0, 0.1) is 6.92 Å². The van der Waals surface area contributed by atoms with Gasteiger partial charge in [0.05, 0.1) is 23.4 Å². The zero-order chi connectivity index (χ0) is 16.9. The van der Waals surface area contributed by atoms with Crippen molar-refractivity contribution in [3.05, 3.63) is 69.3 Å². The molecule has 3 rings (SSSR count). The van der Waals surface area contributed by atoms with Gasteiger partial charge in [0.15, 0.2) is 0 Å². The van der Waals surface area contributed by atoms with Crippen molar-refractivity contribution >= 4 is 40.7 Å². The van der Waals surface area contributed by atoms with E-state index in [-0.39, 0.29) is 5.91 Å². The zero-order valence-electron chi connectivity index (χ0n) is 12.9. The summed E-state index contributed by atoms with van der Waals surface area (Å²) in [4.78, 5) is 16.4. The van der Waals surface area contributed by atoms with E-state index in [1.54, 1.807) is 34.4 Å². The highest BCUT2D eigenvalue weighted by Crippen LogP contribution is 2.18. The van der Waals surface area contributed by atoms with Gasteiger partial charge >= 0.3 is 0 Å². The second-order valence-electron chi connectivity index (χ2n) is 5.08. The van der Waals surface area contributed by atoms with Crippen molar-refractivity contribution in [2.45, 2.75) is 13.5 Å². The van der Waals surface area contributed by atoms with Crippen molar-refractivity contribution in [1.29, 1.82) is 0 Å². The van der Waals surface area contributed by atoms with Crippen LogP contribution in [0.3, 0.4) is 0 Å². The van der Waals surface area contributed by atoms with E-state index >= 15 is 0 Å². The van der Waals surface area contributed by atoms with E-state index in [4.69, 9.17) is 11.6 Å². The molecular formula is C17H15ClN4OS. The molecule has 3 aromatic rings. The van der Waals surface area contributed by atoms with Gasteiger partial charge in [-0.25, -0.2) is 9.67 Å². The minimum atomic E-state index is -0.235. The number of amides is 1. The predicted molar refractivity (Wildman–Crippen MR) is 97.3 cm³/mol. The number of aromatic nitrogens is 3. The second kappa shape index (κ2) is 7.42. The summed E-state index contributed by atoms with van der Waals surface area (Å²) in [6.45, 7) is 2.41. The van der Waals surface area contributed by atoms with E-state index < -0.39 is 0 Å². The maximum Gasteiger partial charge on any atom is 0.249 e.